The molecule has 0 spiro atoms. The van der Waals surface area contributed by atoms with Gasteiger partial charge in [-0.1, -0.05) is 41.9 Å². The van der Waals surface area contributed by atoms with Gasteiger partial charge in [-0.25, -0.2) is 13.9 Å². The second kappa shape index (κ2) is 9.80. The Bertz CT molecular complexity index is 1330. The first-order valence-electron chi connectivity index (χ1n) is 9.60. The summed E-state index contributed by atoms with van der Waals surface area (Å²) in [4.78, 5) is 4.30. The maximum atomic E-state index is 13.2. The summed E-state index contributed by atoms with van der Waals surface area (Å²) in [6.07, 6.45) is -2.98. The van der Waals surface area contributed by atoms with Crippen molar-refractivity contribution >= 4 is 50.0 Å². The van der Waals surface area contributed by atoms with E-state index in [0.29, 0.717) is 26.7 Å². The van der Waals surface area contributed by atoms with Crippen molar-refractivity contribution in [3.8, 4) is 11.3 Å². The highest BCUT2D eigenvalue weighted by atomic mass is 79.9. The molecule has 0 aliphatic rings. The molecule has 0 amide bonds. The van der Waals surface area contributed by atoms with Gasteiger partial charge in [0.05, 0.1) is 26.8 Å². The quantitative estimate of drug-likeness (QED) is 0.292. The molecule has 1 atom stereocenters. The molecule has 2 aromatic carbocycles. The second-order valence-electron chi connectivity index (χ2n) is 6.82. The van der Waals surface area contributed by atoms with Crippen LogP contribution in [-0.4, -0.2) is 31.9 Å². The largest absolute Gasteiger partial charge is 0.417 e. The summed E-state index contributed by atoms with van der Waals surface area (Å²) in [5.41, 5.74) is 0.990. The lowest BCUT2D eigenvalue weighted by atomic mass is 10.1. The summed E-state index contributed by atoms with van der Waals surface area (Å²) >= 11 is 9.75. The molecule has 0 saturated carbocycles. The number of aromatic nitrogens is 3. The van der Waals surface area contributed by atoms with Crippen molar-refractivity contribution < 1.29 is 17.4 Å². The van der Waals surface area contributed by atoms with E-state index in [4.69, 9.17) is 11.6 Å². The molecule has 2 heterocycles. The van der Waals surface area contributed by atoms with Gasteiger partial charge >= 0.3 is 6.18 Å². The first kappa shape index (κ1) is 23.7. The van der Waals surface area contributed by atoms with Crippen LogP contribution in [0.2, 0.25) is 5.02 Å². The van der Waals surface area contributed by atoms with Crippen LogP contribution in [-0.2, 0) is 17.2 Å². The van der Waals surface area contributed by atoms with Crippen LogP contribution in [0.15, 0.2) is 70.2 Å². The van der Waals surface area contributed by atoms with E-state index in [1.165, 1.54) is 18.2 Å². The molecule has 4 aromatic rings. The molecule has 0 radical (unpaired) electrons. The van der Waals surface area contributed by atoms with Crippen LogP contribution in [0.3, 0.4) is 0 Å². The minimum Gasteiger partial charge on any atom is -0.369 e. The van der Waals surface area contributed by atoms with Gasteiger partial charge in [0.1, 0.15) is 16.8 Å². The third-order valence-corrected chi connectivity index (χ3v) is 6.75. The van der Waals surface area contributed by atoms with E-state index in [1.807, 2.05) is 18.2 Å². The van der Waals surface area contributed by atoms with Crippen LogP contribution in [0, 0.1) is 0 Å². The summed E-state index contributed by atoms with van der Waals surface area (Å²) in [6, 6.07) is 13.8. The lowest BCUT2D eigenvalue weighted by Crippen LogP contribution is -2.26. The van der Waals surface area contributed by atoms with Crippen LogP contribution in [0.25, 0.3) is 16.9 Å². The minimum absolute atomic E-state index is 0.131. The monoisotopic (exact) mass is 557 g/mol. The van der Waals surface area contributed by atoms with Crippen molar-refractivity contribution in [2.24, 2.45) is 0 Å². The molecule has 2 aromatic heterocycles. The predicted molar refractivity (Wildman–Crippen MR) is 125 cm³/mol. The summed E-state index contributed by atoms with van der Waals surface area (Å²) in [5, 5.41) is 7.98. The highest BCUT2D eigenvalue weighted by Gasteiger charge is 2.34. The number of alkyl halides is 3. The fourth-order valence-corrected chi connectivity index (χ4v) is 4.75. The molecule has 2 N–H and O–H groups in total. The SMILES string of the molecule is O=S(NCCNc1cc(-c2ccccc2Cl)nc2c(Br)cnn12)c1ccccc1C(F)(F)F. The molecular formula is C21H16BrClF3N5OS. The van der Waals surface area contributed by atoms with Crippen LogP contribution < -0.4 is 10.0 Å². The van der Waals surface area contributed by atoms with Crippen LogP contribution in [0.4, 0.5) is 19.0 Å². The number of halogens is 5. The molecule has 12 heteroatoms. The van der Waals surface area contributed by atoms with E-state index in [9.17, 15) is 17.4 Å². The van der Waals surface area contributed by atoms with Gasteiger partial charge in [0.25, 0.3) is 0 Å². The van der Waals surface area contributed by atoms with Crippen molar-refractivity contribution in [3.05, 3.63) is 75.9 Å². The average molecular weight is 559 g/mol. The zero-order chi connectivity index (χ0) is 23.6. The zero-order valence-corrected chi connectivity index (χ0v) is 19.9. The van der Waals surface area contributed by atoms with Gasteiger partial charge in [0, 0.05) is 29.7 Å². The van der Waals surface area contributed by atoms with Gasteiger partial charge in [-0.15, -0.1) is 0 Å². The summed E-state index contributed by atoms with van der Waals surface area (Å²) in [7, 11) is -2.03. The molecule has 4 rings (SSSR count). The Morgan fingerprint density at radius 3 is 2.58 bits per heavy atom. The molecule has 33 heavy (non-hydrogen) atoms. The Morgan fingerprint density at radius 2 is 1.82 bits per heavy atom. The number of fused-ring (bicyclic) bond motifs is 1. The van der Waals surface area contributed by atoms with Gasteiger partial charge in [-0.05, 0) is 34.1 Å². The second-order valence-corrected chi connectivity index (χ2v) is 9.35. The summed E-state index contributed by atoms with van der Waals surface area (Å²) in [5.74, 6) is 0.587. The van der Waals surface area contributed by atoms with Gasteiger partial charge < -0.3 is 5.32 Å². The Morgan fingerprint density at radius 1 is 1.09 bits per heavy atom. The molecule has 6 nitrogen and oxygen atoms in total. The van der Waals surface area contributed by atoms with Gasteiger partial charge in [0.2, 0.25) is 0 Å². The van der Waals surface area contributed by atoms with Gasteiger partial charge in [-0.3, -0.25) is 0 Å². The van der Waals surface area contributed by atoms with Crippen LogP contribution in [0.1, 0.15) is 5.56 Å². The number of nitrogens with zero attached hydrogens (tertiary/aromatic N) is 3. The van der Waals surface area contributed by atoms with Gasteiger partial charge in [0.15, 0.2) is 5.65 Å². The van der Waals surface area contributed by atoms with Crippen LogP contribution in [0.5, 0.6) is 0 Å². The molecular weight excluding hydrogens is 543 g/mol. The first-order valence-corrected chi connectivity index (χ1v) is 11.9. The van der Waals surface area contributed by atoms with E-state index in [1.54, 1.807) is 22.8 Å². The number of rotatable bonds is 7. The van der Waals surface area contributed by atoms with E-state index < -0.39 is 22.7 Å². The molecule has 172 valence electrons. The Kier molecular flexibility index (Phi) is 7.03. The summed E-state index contributed by atoms with van der Waals surface area (Å²) in [6.45, 7) is 0.394. The Balaban J connectivity index is 1.50. The first-order chi connectivity index (χ1) is 15.8. The topological polar surface area (TPSA) is 71.3 Å². The van der Waals surface area contributed by atoms with Crippen molar-refractivity contribution in [2.45, 2.75) is 11.1 Å². The average Bonchev–Trinajstić information content (AvgIpc) is 3.17. The number of benzene rings is 2. The van der Waals surface area contributed by atoms with E-state index in [-0.39, 0.29) is 18.0 Å². The smallest absolute Gasteiger partial charge is 0.369 e. The lowest BCUT2D eigenvalue weighted by molar-refractivity contribution is -0.139. The maximum Gasteiger partial charge on any atom is 0.417 e. The Hall–Kier alpha value is -2.47. The van der Waals surface area contributed by atoms with E-state index in [2.05, 4.69) is 36.1 Å². The van der Waals surface area contributed by atoms with Crippen LogP contribution >= 0.6 is 27.5 Å². The predicted octanol–water partition coefficient (Wildman–Crippen LogP) is 5.56. The van der Waals surface area contributed by atoms with E-state index in [0.717, 1.165) is 11.6 Å². The lowest BCUT2D eigenvalue weighted by Gasteiger charge is -2.14. The Labute approximate surface area is 202 Å². The van der Waals surface area contributed by atoms with Crippen molar-refractivity contribution in [2.75, 3.05) is 18.4 Å². The highest BCUT2D eigenvalue weighted by molar-refractivity contribution is 9.10. The highest BCUT2D eigenvalue weighted by Crippen LogP contribution is 2.33. The standard InChI is InChI=1S/C21H16BrClF3N5OS/c22-15-12-28-31-19(11-17(30-20(15)31)13-5-1-3-7-16(13)23)27-9-10-29-33(32)18-8-4-2-6-14(18)21(24,25)26/h1-8,11-12,27,29H,9-10H2. The van der Waals surface area contributed by atoms with Crippen molar-refractivity contribution in [3.63, 3.8) is 0 Å². The maximum absolute atomic E-state index is 13.2. The number of nitrogens with one attached hydrogen (secondary N) is 2. The zero-order valence-electron chi connectivity index (χ0n) is 16.7. The normalized spacial score (nSPS) is 12.8. The number of hydrogen-bond acceptors (Lipinski definition) is 4. The van der Waals surface area contributed by atoms with Crippen molar-refractivity contribution in [1.82, 2.24) is 19.3 Å². The minimum atomic E-state index is -4.59. The summed E-state index contributed by atoms with van der Waals surface area (Å²) < 4.78 is 56.8. The fourth-order valence-electron chi connectivity index (χ4n) is 3.14. The molecule has 0 saturated heterocycles. The third-order valence-electron chi connectivity index (χ3n) is 4.64. The molecule has 0 aliphatic heterocycles. The van der Waals surface area contributed by atoms with E-state index >= 15 is 0 Å². The molecule has 0 aliphatic carbocycles. The van der Waals surface area contributed by atoms with Gasteiger partial charge in [-0.2, -0.15) is 22.8 Å². The number of anilines is 1. The van der Waals surface area contributed by atoms with Crippen molar-refractivity contribution in [1.29, 1.82) is 0 Å². The molecule has 0 bridgehead atoms. The number of hydrogen-bond donors (Lipinski definition) is 2. The third kappa shape index (κ3) is 5.21. The fraction of sp³-hybridized carbons (Fsp3) is 0.143. The molecule has 1 unspecified atom stereocenters. The molecule has 0 fully saturated rings.